The summed E-state index contributed by atoms with van der Waals surface area (Å²) in [7, 11) is 2.09. The minimum atomic E-state index is 1.15. The van der Waals surface area contributed by atoms with Crippen LogP contribution in [0.2, 0.25) is 0 Å². The summed E-state index contributed by atoms with van der Waals surface area (Å²) in [6.45, 7) is 2.19. The van der Waals surface area contributed by atoms with Crippen LogP contribution in [0, 0.1) is 6.92 Å². The maximum absolute atomic E-state index is 4.40. The van der Waals surface area contributed by atoms with Crippen LogP contribution in [0.15, 0.2) is 73.3 Å². The summed E-state index contributed by atoms with van der Waals surface area (Å²) in [5, 5.41) is 3.78. The zero-order valence-corrected chi connectivity index (χ0v) is 14.3. The topological polar surface area (TPSA) is 21.2 Å². The van der Waals surface area contributed by atoms with E-state index in [9.17, 15) is 0 Å². The Labute approximate surface area is 145 Å². The van der Waals surface area contributed by atoms with E-state index in [1.54, 1.807) is 0 Å². The van der Waals surface area contributed by atoms with Gasteiger partial charge in [0.05, 0.1) is 23.6 Å². The summed E-state index contributed by atoms with van der Waals surface area (Å²) in [5.41, 5.74) is 6.10. The summed E-state index contributed by atoms with van der Waals surface area (Å²) in [4.78, 5) is 4.40. The molecule has 0 atom stereocenters. The lowest BCUT2D eigenvalue weighted by molar-refractivity contribution is -0.660. The lowest BCUT2D eigenvalue weighted by Gasteiger charge is -2.12. The average Bonchev–Trinajstić information content (AvgIpc) is 3.12. The maximum atomic E-state index is 4.40. The van der Waals surface area contributed by atoms with Crippen molar-refractivity contribution in [2.75, 3.05) is 0 Å². The van der Waals surface area contributed by atoms with Gasteiger partial charge in [-0.3, -0.25) is 4.40 Å². The number of imidazole rings is 1. The highest BCUT2D eigenvalue weighted by atomic mass is 15.0. The summed E-state index contributed by atoms with van der Waals surface area (Å²) in [6, 6.07) is 19.5. The maximum Gasteiger partial charge on any atom is 0.212 e. The number of rotatable bonds is 1. The summed E-state index contributed by atoms with van der Waals surface area (Å²) >= 11 is 0. The van der Waals surface area contributed by atoms with Crippen molar-refractivity contribution >= 4 is 27.2 Å². The Morgan fingerprint density at radius 3 is 2.60 bits per heavy atom. The monoisotopic (exact) mass is 324 g/mol. The Morgan fingerprint density at radius 2 is 1.72 bits per heavy atom. The lowest BCUT2D eigenvalue weighted by Crippen LogP contribution is -2.30. The summed E-state index contributed by atoms with van der Waals surface area (Å²) in [5.74, 6) is 0. The predicted molar refractivity (Wildman–Crippen MR) is 102 cm³/mol. The molecule has 3 aromatic heterocycles. The van der Waals surface area contributed by atoms with Gasteiger partial charge in [-0.15, -0.1) is 0 Å². The molecule has 0 spiro atoms. The zero-order chi connectivity index (χ0) is 17.0. The molecule has 5 rings (SSSR count). The predicted octanol–water partition coefficient (Wildman–Crippen LogP) is 4.44. The number of nitrogens with zero attached hydrogens (tertiary/aromatic N) is 3. The third-order valence-corrected chi connectivity index (χ3v) is 5.06. The van der Waals surface area contributed by atoms with E-state index in [1.165, 1.54) is 38.5 Å². The number of benzene rings is 2. The van der Waals surface area contributed by atoms with Gasteiger partial charge in [0.15, 0.2) is 6.20 Å². The first-order valence-electron chi connectivity index (χ1n) is 8.46. The molecule has 0 bridgehead atoms. The molecular formula is C22H18N3+. The average molecular weight is 324 g/mol. The number of hydrogen-bond donors (Lipinski definition) is 0. The third kappa shape index (κ3) is 1.99. The van der Waals surface area contributed by atoms with Gasteiger partial charge in [-0.25, -0.2) is 9.55 Å². The zero-order valence-electron chi connectivity index (χ0n) is 14.3. The number of pyridine rings is 2. The number of hydrogen-bond acceptors (Lipinski definition) is 1. The Bertz CT molecular complexity index is 1260. The van der Waals surface area contributed by atoms with Gasteiger partial charge >= 0.3 is 0 Å². The van der Waals surface area contributed by atoms with Crippen molar-refractivity contribution in [2.45, 2.75) is 6.92 Å². The molecule has 0 amide bonds. The fourth-order valence-corrected chi connectivity index (χ4v) is 3.82. The highest BCUT2D eigenvalue weighted by molar-refractivity contribution is 6.13. The van der Waals surface area contributed by atoms with E-state index in [4.69, 9.17) is 0 Å². The lowest BCUT2D eigenvalue weighted by atomic mass is 9.96. The van der Waals surface area contributed by atoms with E-state index in [1.807, 2.05) is 12.5 Å². The second-order valence-electron chi connectivity index (χ2n) is 6.58. The first kappa shape index (κ1) is 14.2. The molecular weight excluding hydrogens is 306 g/mol. The SMILES string of the molecule is Cc1cc2c3ccccc3n3cncc3c2cc1-c1cccc[n+]1C. The minimum absolute atomic E-state index is 1.15. The van der Waals surface area contributed by atoms with Gasteiger partial charge in [0.2, 0.25) is 5.69 Å². The first-order valence-corrected chi connectivity index (χ1v) is 8.46. The third-order valence-electron chi connectivity index (χ3n) is 5.06. The van der Waals surface area contributed by atoms with E-state index >= 15 is 0 Å². The summed E-state index contributed by atoms with van der Waals surface area (Å²) in [6.07, 6.45) is 5.95. The van der Waals surface area contributed by atoms with E-state index in [0.717, 1.165) is 5.52 Å². The van der Waals surface area contributed by atoms with Crippen molar-refractivity contribution in [3.8, 4) is 11.3 Å². The van der Waals surface area contributed by atoms with Gasteiger partial charge in [-0.05, 0) is 42.1 Å². The molecule has 0 N–H and O–H groups in total. The fourth-order valence-electron chi connectivity index (χ4n) is 3.82. The normalized spacial score (nSPS) is 11.6. The standard InChI is InChI=1S/C22H18N3/c1-15-11-18-16-7-3-4-9-21(16)25-14-23-13-22(25)19(18)12-17(15)20-8-5-6-10-24(20)2/h3-14H,1-2H3/q+1. The molecule has 25 heavy (non-hydrogen) atoms. The van der Waals surface area contributed by atoms with Crippen molar-refractivity contribution in [3.63, 3.8) is 0 Å². The molecule has 0 aliphatic carbocycles. The molecule has 0 aliphatic rings. The van der Waals surface area contributed by atoms with Crippen molar-refractivity contribution in [1.29, 1.82) is 0 Å². The smallest absolute Gasteiger partial charge is 0.212 e. The molecule has 120 valence electrons. The van der Waals surface area contributed by atoms with Crippen LogP contribution in [0.5, 0.6) is 0 Å². The van der Waals surface area contributed by atoms with Gasteiger partial charge in [-0.2, -0.15) is 0 Å². The van der Waals surface area contributed by atoms with Gasteiger partial charge in [0.1, 0.15) is 7.05 Å². The Kier molecular flexibility index (Phi) is 2.92. The number of fused-ring (bicyclic) bond motifs is 6. The molecule has 3 heteroatoms. The van der Waals surface area contributed by atoms with Gasteiger partial charge < -0.3 is 0 Å². The molecule has 0 fully saturated rings. The molecule has 5 aromatic rings. The van der Waals surface area contributed by atoms with Crippen LogP contribution in [0.25, 0.3) is 38.4 Å². The highest BCUT2D eigenvalue weighted by Crippen LogP contribution is 2.34. The van der Waals surface area contributed by atoms with E-state index in [2.05, 4.69) is 88.7 Å². The number of aryl methyl sites for hydroxylation is 2. The van der Waals surface area contributed by atoms with Crippen LogP contribution in [-0.4, -0.2) is 9.38 Å². The Morgan fingerprint density at radius 1 is 0.880 bits per heavy atom. The molecule has 3 nitrogen and oxygen atoms in total. The fraction of sp³-hybridized carbons (Fsp3) is 0.0909. The van der Waals surface area contributed by atoms with E-state index < -0.39 is 0 Å². The van der Waals surface area contributed by atoms with Crippen molar-refractivity contribution in [2.24, 2.45) is 7.05 Å². The second-order valence-corrected chi connectivity index (χ2v) is 6.58. The van der Waals surface area contributed by atoms with E-state index in [-0.39, 0.29) is 0 Å². The second kappa shape index (κ2) is 5.15. The van der Waals surface area contributed by atoms with Gasteiger partial charge in [-0.1, -0.05) is 18.2 Å². The molecule has 0 radical (unpaired) electrons. The molecule has 0 saturated heterocycles. The minimum Gasteiger partial charge on any atom is -0.298 e. The van der Waals surface area contributed by atoms with Crippen LogP contribution in [-0.2, 0) is 7.05 Å². The Hall–Kier alpha value is -3.20. The number of aromatic nitrogens is 3. The van der Waals surface area contributed by atoms with Crippen molar-refractivity contribution in [1.82, 2.24) is 9.38 Å². The van der Waals surface area contributed by atoms with Crippen molar-refractivity contribution < 1.29 is 4.57 Å². The highest BCUT2D eigenvalue weighted by Gasteiger charge is 2.15. The van der Waals surface area contributed by atoms with Gasteiger partial charge in [0.25, 0.3) is 0 Å². The van der Waals surface area contributed by atoms with E-state index in [0.29, 0.717) is 0 Å². The molecule has 0 unspecified atom stereocenters. The van der Waals surface area contributed by atoms with Crippen molar-refractivity contribution in [3.05, 3.63) is 78.9 Å². The largest absolute Gasteiger partial charge is 0.298 e. The van der Waals surface area contributed by atoms with Crippen LogP contribution < -0.4 is 4.57 Å². The molecule has 0 saturated carbocycles. The number of para-hydroxylation sites is 1. The quantitative estimate of drug-likeness (QED) is 0.330. The van der Waals surface area contributed by atoms with Crippen LogP contribution in [0.4, 0.5) is 0 Å². The van der Waals surface area contributed by atoms with Gasteiger partial charge in [0, 0.05) is 28.5 Å². The molecule has 2 aromatic carbocycles. The molecule has 0 aliphatic heterocycles. The molecule has 3 heterocycles. The Balaban J connectivity index is 1.98. The van der Waals surface area contributed by atoms with Crippen LogP contribution in [0.3, 0.4) is 0 Å². The summed E-state index contributed by atoms with van der Waals surface area (Å²) < 4.78 is 4.35. The van der Waals surface area contributed by atoms with Crippen LogP contribution in [0.1, 0.15) is 5.56 Å². The van der Waals surface area contributed by atoms with Crippen LogP contribution >= 0.6 is 0 Å². The first-order chi connectivity index (χ1) is 12.2.